The maximum atomic E-state index is 11.4. The van der Waals surface area contributed by atoms with Crippen LogP contribution in [0.15, 0.2) is 18.7 Å². The molecular formula is C9H11N3O3. The fourth-order valence-electron chi connectivity index (χ4n) is 1.38. The molecule has 15 heavy (non-hydrogen) atoms. The van der Waals surface area contributed by atoms with E-state index in [1.165, 1.54) is 23.3 Å². The van der Waals surface area contributed by atoms with Crippen LogP contribution in [-0.2, 0) is 9.53 Å². The Morgan fingerprint density at radius 1 is 1.67 bits per heavy atom. The summed E-state index contributed by atoms with van der Waals surface area (Å²) in [5, 5.41) is 2.64. The number of hydrogen-bond donors (Lipinski definition) is 1. The van der Waals surface area contributed by atoms with Gasteiger partial charge in [-0.15, -0.1) is 0 Å². The first kappa shape index (κ1) is 9.70. The van der Waals surface area contributed by atoms with E-state index in [1.807, 2.05) is 0 Å². The third kappa shape index (κ3) is 2.34. The Bertz CT molecular complexity index is 351. The number of nitrogens with one attached hydrogen (secondary N) is 1. The Hall–Kier alpha value is -1.85. The van der Waals surface area contributed by atoms with Crippen LogP contribution in [0.3, 0.4) is 0 Å². The Balaban J connectivity index is 1.87. The van der Waals surface area contributed by atoms with E-state index in [2.05, 4.69) is 10.3 Å². The van der Waals surface area contributed by atoms with Gasteiger partial charge in [0.15, 0.2) is 0 Å². The number of piperidine rings is 1. The van der Waals surface area contributed by atoms with E-state index in [0.29, 0.717) is 19.4 Å². The molecule has 0 spiro atoms. The predicted molar refractivity (Wildman–Crippen MR) is 50.1 cm³/mol. The lowest BCUT2D eigenvalue weighted by atomic mass is 10.1. The summed E-state index contributed by atoms with van der Waals surface area (Å²) >= 11 is 0. The summed E-state index contributed by atoms with van der Waals surface area (Å²) in [6.07, 6.45) is 4.68. The van der Waals surface area contributed by atoms with Crippen molar-refractivity contribution in [3.8, 4) is 0 Å². The van der Waals surface area contributed by atoms with E-state index < -0.39 is 6.09 Å². The van der Waals surface area contributed by atoms with E-state index in [9.17, 15) is 9.59 Å². The van der Waals surface area contributed by atoms with Crippen LogP contribution >= 0.6 is 0 Å². The first-order chi connectivity index (χ1) is 7.25. The molecule has 1 aliphatic heterocycles. The Kier molecular flexibility index (Phi) is 2.66. The van der Waals surface area contributed by atoms with Gasteiger partial charge in [-0.3, -0.25) is 4.79 Å². The average molecular weight is 209 g/mol. The molecule has 0 radical (unpaired) electrons. The summed E-state index contributed by atoms with van der Waals surface area (Å²) < 4.78 is 6.41. The molecule has 1 atom stereocenters. The molecular weight excluding hydrogens is 198 g/mol. The highest BCUT2D eigenvalue weighted by molar-refractivity contribution is 5.77. The third-order valence-corrected chi connectivity index (χ3v) is 2.20. The quantitative estimate of drug-likeness (QED) is 0.714. The second-order valence-electron chi connectivity index (χ2n) is 3.32. The van der Waals surface area contributed by atoms with Gasteiger partial charge in [0.25, 0.3) is 0 Å². The molecule has 0 aromatic carbocycles. The summed E-state index contributed by atoms with van der Waals surface area (Å²) in [5.41, 5.74) is 0. The molecule has 1 fully saturated rings. The molecule has 1 N–H and O–H groups in total. The molecule has 0 unspecified atom stereocenters. The maximum Gasteiger partial charge on any atom is 0.419 e. The smallest absolute Gasteiger partial charge is 0.419 e. The number of aromatic nitrogens is 2. The summed E-state index contributed by atoms with van der Waals surface area (Å²) in [4.78, 5) is 26.0. The molecule has 1 aromatic heterocycles. The zero-order valence-electron chi connectivity index (χ0n) is 8.05. The second-order valence-corrected chi connectivity index (χ2v) is 3.32. The van der Waals surface area contributed by atoms with Crippen LogP contribution in [-0.4, -0.2) is 34.2 Å². The van der Waals surface area contributed by atoms with Crippen LogP contribution in [0.4, 0.5) is 4.79 Å². The molecule has 2 heterocycles. The van der Waals surface area contributed by atoms with Crippen LogP contribution in [0.2, 0.25) is 0 Å². The van der Waals surface area contributed by atoms with Gasteiger partial charge in [0.1, 0.15) is 12.4 Å². The van der Waals surface area contributed by atoms with Crippen LogP contribution in [0.5, 0.6) is 0 Å². The minimum absolute atomic E-state index is 0.00456. The van der Waals surface area contributed by atoms with Gasteiger partial charge in [0, 0.05) is 18.8 Å². The molecule has 2 rings (SSSR count). The van der Waals surface area contributed by atoms with Crippen LogP contribution in [0, 0.1) is 0 Å². The number of rotatable bonds is 1. The molecule has 0 aliphatic carbocycles. The molecule has 6 heteroatoms. The SMILES string of the molecule is O=C1CC[C@@H](OC(=O)n2ccnc2)CN1. The van der Waals surface area contributed by atoms with Gasteiger partial charge in [-0.2, -0.15) is 0 Å². The zero-order valence-corrected chi connectivity index (χ0v) is 8.05. The number of amides is 1. The molecule has 1 amide bonds. The largest absolute Gasteiger partial charge is 0.444 e. The number of nitrogens with zero attached hydrogens (tertiary/aromatic N) is 2. The van der Waals surface area contributed by atoms with Crippen LogP contribution in [0.1, 0.15) is 12.8 Å². The lowest BCUT2D eigenvalue weighted by molar-refractivity contribution is -0.124. The van der Waals surface area contributed by atoms with E-state index in [0.717, 1.165) is 0 Å². The van der Waals surface area contributed by atoms with Crippen molar-refractivity contribution in [3.63, 3.8) is 0 Å². The number of carbonyl (C=O) groups is 2. The summed E-state index contributed by atoms with van der Waals surface area (Å²) in [5.74, 6) is 0.00456. The zero-order chi connectivity index (χ0) is 10.7. The predicted octanol–water partition coefficient (Wildman–Crippen LogP) is 0.146. The molecule has 1 saturated heterocycles. The number of hydrogen-bond acceptors (Lipinski definition) is 4. The topological polar surface area (TPSA) is 73.2 Å². The van der Waals surface area contributed by atoms with Crippen molar-refractivity contribution in [2.45, 2.75) is 18.9 Å². The highest BCUT2D eigenvalue weighted by Crippen LogP contribution is 2.08. The molecule has 0 bridgehead atoms. The number of imidazole rings is 1. The van der Waals surface area contributed by atoms with Crippen molar-refractivity contribution in [1.82, 2.24) is 14.9 Å². The molecule has 80 valence electrons. The van der Waals surface area contributed by atoms with Gasteiger partial charge in [-0.05, 0) is 6.42 Å². The van der Waals surface area contributed by atoms with E-state index in [4.69, 9.17) is 4.74 Å². The molecule has 6 nitrogen and oxygen atoms in total. The Morgan fingerprint density at radius 3 is 3.13 bits per heavy atom. The van der Waals surface area contributed by atoms with Crippen LogP contribution in [0.25, 0.3) is 0 Å². The van der Waals surface area contributed by atoms with Crippen molar-refractivity contribution in [2.75, 3.05) is 6.54 Å². The van der Waals surface area contributed by atoms with Gasteiger partial charge in [0.2, 0.25) is 5.91 Å². The Labute approximate surface area is 86.2 Å². The van der Waals surface area contributed by atoms with Crippen molar-refractivity contribution < 1.29 is 14.3 Å². The lowest BCUT2D eigenvalue weighted by Crippen LogP contribution is -2.40. The minimum atomic E-state index is -0.464. The van der Waals surface area contributed by atoms with Crippen molar-refractivity contribution in [1.29, 1.82) is 0 Å². The van der Waals surface area contributed by atoms with Gasteiger partial charge in [-0.25, -0.2) is 14.3 Å². The maximum absolute atomic E-state index is 11.4. The summed E-state index contributed by atoms with van der Waals surface area (Å²) in [6.45, 7) is 0.388. The molecule has 1 aromatic rings. The highest BCUT2D eigenvalue weighted by atomic mass is 16.6. The summed E-state index contributed by atoms with van der Waals surface area (Å²) in [7, 11) is 0. The van der Waals surface area contributed by atoms with Gasteiger partial charge >= 0.3 is 6.09 Å². The first-order valence-electron chi connectivity index (χ1n) is 4.71. The minimum Gasteiger partial charge on any atom is -0.444 e. The van der Waals surface area contributed by atoms with Gasteiger partial charge < -0.3 is 10.1 Å². The Morgan fingerprint density at radius 2 is 2.53 bits per heavy atom. The molecule has 0 saturated carbocycles. The van der Waals surface area contributed by atoms with E-state index in [-0.39, 0.29) is 12.0 Å². The standard InChI is InChI=1S/C9H11N3O3/c13-8-2-1-7(5-11-8)15-9(14)12-4-3-10-6-12/h3-4,6-7H,1-2,5H2,(H,11,13)/t7-/m1/s1. The summed E-state index contributed by atoms with van der Waals surface area (Å²) in [6, 6.07) is 0. The van der Waals surface area contributed by atoms with E-state index >= 15 is 0 Å². The van der Waals surface area contributed by atoms with Crippen molar-refractivity contribution in [3.05, 3.63) is 18.7 Å². The number of ether oxygens (including phenoxy) is 1. The second kappa shape index (κ2) is 4.12. The van der Waals surface area contributed by atoms with Gasteiger partial charge in [0.05, 0.1) is 6.54 Å². The lowest BCUT2D eigenvalue weighted by Gasteiger charge is -2.22. The average Bonchev–Trinajstić information content (AvgIpc) is 2.74. The van der Waals surface area contributed by atoms with Crippen molar-refractivity contribution >= 4 is 12.0 Å². The number of carbonyl (C=O) groups excluding carboxylic acids is 2. The molecule has 1 aliphatic rings. The fourth-order valence-corrected chi connectivity index (χ4v) is 1.38. The first-order valence-corrected chi connectivity index (χ1v) is 4.71. The third-order valence-electron chi connectivity index (χ3n) is 2.20. The monoisotopic (exact) mass is 209 g/mol. The fraction of sp³-hybridized carbons (Fsp3) is 0.444. The van der Waals surface area contributed by atoms with Gasteiger partial charge in [-0.1, -0.05) is 0 Å². The normalized spacial score (nSPS) is 20.8. The van der Waals surface area contributed by atoms with E-state index in [1.54, 1.807) is 0 Å². The highest BCUT2D eigenvalue weighted by Gasteiger charge is 2.21. The van der Waals surface area contributed by atoms with Crippen molar-refractivity contribution in [2.24, 2.45) is 0 Å². The van der Waals surface area contributed by atoms with Crippen LogP contribution < -0.4 is 5.32 Å².